The van der Waals surface area contributed by atoms with Gasteiger partial charge in [-0.15, -0.1) is 0 Å². The Labute approximate surface area is 156 Å². The normalized spacial score (nSPS) is 12.3. The Balaban J connectivity index is 1.91. The fourth-order valence-electron chi connectivity index (χ4n) is 2.85. The minimum Gasteiger partial charge on any atom is -0.332 e. The molecule has 0 bridgehead atoms. The molecule has 2 N–H and O–H groups in total. The smallest absolute Gasteiger partial charge is 0.272 e. The molecule has 0 aliphatic carbocycles. The molecule has 1 aromatic heterocycles. The van der Waals surface area contributed by atoms with Gasteiger partial charge in [-0.2, -0.15) is 5.26 Å². The zero-order valence-electron chi connectivity index (χ0n) is 14.8. The molecule has 7 heteroatoms. The van der Waals surface area contributed by atoms with Gasteiger partial charge in [0.25, 0.3) is 5.91 Å². The summed E-state index contributed by atoms with van der Waals surface area (Å²) in [5.74, 6) is -0.882. The molecule has 0 radical (unpaired) electrons. The van der Waals surface area contributed by atoms with E-state index in [0.29, 0.717) is 24.0 Å². The number of hydrogen-bond acceptors (Lipinski definition) is 4. The average Bonchev–Trinajstić information content (AvgIpc) is 3.14. The van der Waals surface area contributed by atoms with Gasteiger partial charge in [-0.05, 0) is 62.6 Å². The second-order valence-corrected chi connectivity index (χ2v) is 7.18. The standard InChI is InChI=1S/C19H19FN4OS/c1-11(2)23-26-18-12(3)17(24-8-4-5-16(18)24)19(25)22-14-6-7-15(20)13(9-14)10-21/h4-7,9,11,23H,8H2,1-3H3,(H,22,25). The number of benzene rings is 1. The molecule has 5 nitrogen and oxygen atoms in total. The van der Waals surface area contributed by atoms with Gasteiger partial charge in [0, 0.05) is 18.3 Å². The van der Waals surface area contributed by atoms with E-state index in [1.165, 1.54) is 30.1 Å². The lowest BCUT2D eigenvalue weighted by Crippen LogP contribution is -2.18. The average molecular weight is 370 g/mol. The number of nitrogens with zero attached hydrogens (tertiary/aromatic N) is 2. The Bertz CT molecular complexity index is 940. The van der Waals surface area contributed by atoms with Crippen molar-refractivity contribution in [3.63, 3.8) is 0 Å². The zero-order chi connectivity index (χ0) is 18.8. The number of halogens is 1. The maximum atomic E-state index is 13.5. The van der Waals surface area contributed by atoms with Gasteiger partial charge < -0.3 is 9.88 Å². The summed E-state index contributed by atoms with van der Waals surface area (Å²) in [4.78, 5) is 13.9. The maximum Gasteiger partial charge on any atom is 0.272 e. The van der Waals surface area contributed by atoms with Crippen molar-refractivity contribution in [1.82, 2.24) is 9.29 Å². The van der Waals surface area contributed by atoms with Crippen LogP contribution in [0.5, 0.6) is 0 Å². The summed E-state index contributed by atoms with van der Waals surface area (Å²) in [6.45, 7) is 6.67. The van der Waals surface area contributed by atoms with Gasteiger partial charge in [-0.25, -0.2) is 4.39 Å². The van der Waals surface area contributed by atoms with Gasteiger partial charge in [0.05, 0.1) is 16.2 Å². The van der Waals surface area contributed by atoms with E-state index in [0.717, 1.165) is 16.2 Å². The van der Waals surface area contributed by atoms with Crippen LogP contribution < -0.4 is 10.0 Å². The minimum atomic E-state index is -0.604. The van der Waals surface area contributed by atoms with Crippen LogP contribution in [0.25, 0.3) is 6.08 Å². The molecule has 0 saturated carbocycles. The number of allylic oxidation sites excluding steroid dienone is 1. The van der Waals surface area contributed by atoms with E-state index >= 15 is 0 Å². The second-order valence-electron chi connectivity index (χ2n) is 6.34. The van der Waals surface area contributed by atoms with Crippen molar-refractivity contribution in [1.29, 1.82) is 5.26 Å². The molecule has 2 aromatic rings. The van der Waals surface area contributed by atoms with E-state index in [-0.39, 0.29) is 11.5 Å². The van der Waals surface area contributed by atoms with Crippen molar-refractivity contribution in [2.24, 2.45) is 0 Å². The van der Waals surface area contributed by atoms with Crippen LogP contribution in [-0.4, -0.2) is 16.5 Å². The van der Waals surface area contributed by atoms with Crippen LogP contribution in [0.2, 0.25) is 0 Å². The molecule has 2 heterocycles. The molecule has 1 aromatic carbocycles. The molecule has 26 heavy (non-hydrogen) atoms. The Morgan fingerprint density at radius 3 is 2.88 bits per heavy atom. The SMILES string of the molecule is Cc1c(SNC(C)C)c2n(c1C(=O)Nc1ccc(F)c(C#N)c1)CC=C2. The van der Waals surface area contributed by atoms with E-state index in [9.17, 15) is 9.18 Å². The van der Waals surface area contributed by atoms with Crippen LogP contribution in [0.3, 0.4) is 0 Å². The summed E-state index contributed by atoms with van der Waals surface area (Å²) >= 11 is 1.52. The maximum absolute atomic E-state index is 13.5. The largest absolute Gasteiger partial charge is 0.332 e. The molecule has 1 amide bonds. The number of fused-ring (bicyclic) bond motifs is 1. The summed E-state index contributed by atoms with van der Waals surface area (Å²) in [6, 6.07) is 6.05. The fraction of sp³-hybridized carbons (Fsp3) is 0.263. The van der Waals surface area contributed by atoms with E-state index in [2.05, 4.69) is 23.9 Å². The number of anilines is 1. The third kappa shape index (κ3) is 3.39. The molecular weight excluding hydrogens is 351 g/mol. The summed E-state index contributed by atoms with van der Waals surface area (Å²) in [7, 11) is 0. The Morgan fingerprint density at radius 2 is 2.19 bits per heavy atom. The number of carbonyl (C=O) groups is 1. The molecular formula is C19H19FN4OS. The van der Waals surface area contributed by atoms with Crippen molar-refractivity contribution >= 4 is 29.6 Å². The second kappa shape index (κ2) is 7.36. The lowest BCUT2D eigenvalue weighted by molar-refractivity contribution is 0.101. The first-order valence-electron chi connectivity index (χ1n) is 8.25. The van der Waals surface area contributed by atoms with Gasteiger partial charge in [0.15, 0.2) is 0 Å². The van der Waals surface area contributed by atoms with Crippen LogP contribution in [0.15, 0.2) is 29.2 Å². The topological polar surface area (TPSA) is 69.8 Å². The van der Waals surface area contributed by atoms with Crippen LogP contribution in [0.4, 0.5) is 10.1 Å². The molecule has 0 spiro atoms. The first kappa shape index (κ1) is 18.2. The molecule has 1 aliphatic rings. The fourth-order valence-corrected chi connectivity index (χ4v) is 3.73. The number of carbonyl (C=O) groups excluding carboxylic acids is 1. The highest BCUT2D eigenvalue weighted by molar-refractivity contribution is 7.97. The van der Waals surface area contributed by atoms with Crippen LogP contribution in [0, 0.1) is 24.1 Å². The highest BCUT2D eigenvalue weighted by atomic mass is 32.2. The quantitative estimate of drug-likeness (QED) is 0.778. The Hall–Kier alpha value is -2.56. The van der Waals surface area contributed by atoms with Crippen LogP contribution >= 0.6 is 11.9 Å². The third-order valence-corrected chi connectivity index (χ3v) is 5.32. The highest BCUT2D eigenvalue weighted by Crippen LogP contribution is 2.34. The van der Waals surface area contributed by atoms with E-state index < -0.39 is 5.82 Å². The molecule has 1 aliphatic heterocycles. The third-order valence-electron chi connectivity index (χ3n) is 4.01. The zero-order valence-corrected chi connectivity index (χ0v) is 15.6. The number of nitrogens with one attached hydrogen (secondary N) is 2. The number of nitriles is 1. The predicted octanol–water partition coefficient (Wildman–Crippen LogP) is 4.09. The molecule has 0 unspecified atom stereocenters. The van der Waals surface area contributed by atoms with Crippen LogP contribution in [0.1, 0.15) is 41.2 Å². The highest BCUT2D eigenvalue weighted by Gasteiger charge is 2.26. The monoisotopic (exact) mass is 370 g/mol. The number of rotatable bonds is 5. The summed E-state index contributed by atoms with van der Waals surface area (Å²) in [5.41, 5.74) is 2.76. The number of amides is 1. The van der Waals surface area contributed by atoms with Gasteiger partial charge in [-0.1, -0.05) is 6.08 Å². The van der Waals surface area contributed by atoms with Gasteiger partial charge in [0.2, 0.25) is 0 Å². The number of aromatic nitrogens is 1. The minimum absolute atomic E-state index is 0.0982. The van der Waals surface area contributed by atoms with Crippen molar-refractivity contribution in [3.05, 3.63) is 52.6 Å². The lowest BCUT2D eigenvalue weighted by Gasteiger charge is -2.09. The van der Waals surface area contributed by atoms with Crippen molar-refractivity contribution in [3.8, 4) is 6.07 Å². The lowest BCUT2D eigenvalue weighted by atomic mass is 10.2. The van der Waals surface area contributed by atoms with Crippen LogP contribution in [-0.2, 0) is 6.54 Å². The summed E-state index contributed by atoms with van der Waals surface area (Å²) < 4.78 is 18.7. The Kier molecular flexibility index (Phi) is 5.16. The summed E-state index contributed by atoms with van der Waals surface area (Å²) in [6.07, 6.45) is 4.02. The molecule has 134 valence electrons. The van der Waals surface area contributed by atoms with Gasteiger partial charge >= 0.3 is 0 Å². The van der Waals surface area contributed by atoms with Crippen molar-refractivity contribution < 1.29 is 9.18 Å². The first-order chi connectivity index (χ1) is 12.4. The molecule has 0 atom stereocenters. The summed E-state index contributed by atoms with van der Waals surface area (Å²) in [5, 5.41) is 11.7. The Morgan fingerprint density at radius 1 is 1.42 bits per heavy atom. The molecule has 0 fully saturated rings. The van der Waals surface area contributed by atoms with E-state index in [4.69, 9.17) is 5.26 Å². The van der Waals surface area contributed by atoms with Crippen molar-refractivity contribution in [2.45, 2.75) is 38.3 Å². The first-order valence-corrected chi connectivity index (χ1v) is 9.07. The van der Waals surface area contributed by atoms with Gasteiger partial charge in [0.1, 0.15) is 17.6 Å². The van der Waals surface area contributed by atoms with Crippen molar-refractivity contribution in [2.75, 3.05) is 5.32 Å². The van der Waals surface area contributed by atoms with Gasteiger partial charge in [-0.3, -0.25) is 9.52 Å². The predicted molar refractivity (Wildman–Crippen MR) is 101 cm³/mol. The van der Waals surface area contributed by atoms with E-state index in [1.54, 1.807) is 6.07 Å². The van der Waals surface area contributed by atoms with E-state index in [1.807, 2.05) is 23.6 Å². The number of hydrogen-bond donors (Lipinski definition) is 2. The molecule has 3 rings (SSSR count). The molecule has 0 saturated heterocycles.